The van der Waals surface area contributed by atoms with Crippen molar-refractivity contribution in [3.8, 4) is 5.75 Å². The molecule has 0 aromatic heterocycles. The number of aliphatic hydroxyl groups is 1. The van der Waals surface area contributed by atoms with Crippen molar-refractivity contribution in [2.75, 3.05) is 13.7 Å². The highest BCUT2D eigenvalue weighted by Crippen LogP contribution is 2.23. The van der Waals surface area contributed by atoms with Crippen molar-refractivity contribution in [1.82, 2.24) is 5.32 Å². The van der Waals surface area contributed by atoms with Crippen molar-refractivity contribution >= 4 is 5.91 Å². The van der Waals surface area contributed by atoms with Gasteiger partial charge >= 0.3 is 0 Å². The molecule has 4 heteroatoms. The Bertz CT molecular complexity index is 642. The van der Waals surface area contributed by atoms with Crippen molar-refractivity contribution < 1.29 is 14.6 Å². The van der Waals surface area contributed by atoms with Crippen LogP contribution in [0, 0.1) is 0 Å². The molecule has 0 bridgehead atoms. The van der Waals surface area contributed by atoms with Crippen LogP contribution in [-0.2, 0) is 4.79 Å². The van der Waals surface area contributed by atoms with E-state index in [1.54, 1.807) is 13.2 Å². The molecule has 2 unspecified atom stereocenters. The fourth-order valence-corrected chi connectivity index (χ4v) is 2.70. The van der Waals surface area contributed by atoms with Gasteiger partial charge in [0.05, 0.1) is 13.2 Å². The van der Waals surface area contributed by atoms with Gasteiger partial charge in [-0.1, -0.05) is 49.4 Å². The summed E-state index contributed by atoms with van der Waals surface area (Å²) in [5.74, 6) is 0.834. The van der Waals surface area contributed by atoms with Crippen LogP contribution >= 0.6 is 0 Å². The first-order valence-electron chi connectivity index (χ1n) is 8.27. The molecule has 2 N–H and O–H groups in total. The highest BCUT2D eigenvalue weighted by atomic mass is 16.5. The number of aliphatic hydroxyl groups excluding tert-OH is 1. The maximum Gasteiger partial charge on any atom is 0.220 e. The van der Waals surface area contributed by atoms with E-state index in [0.717, 1.165) is 12.0 Å². The van der Waals surface area contributed by atoms with Crippen LogP contribution in [0.4, 0.5) is 0 Å². The largest absolute Gasteiger partial charge is 0.497 e. The number of hydrogen-bond acceptors (Lipinski definition) is 3. The van der Waals surface area contributed by atoms with Gasteiger partial charge in [0.1, 0.15) is 5.75 Å². The highest BCUT2D eigenvalue weighted by molar-refractivity contribution is 5.76. The summed E-state index contributed by atoms with van der Waals surface area (Å²) < 4.78 is 5.15. The molecule has 128 valence electrons. The van der Waals surface area contributed by atoms with Crippen molar-refractivity contribution in [3.63, 3.8) is 0 Å². The molecule has 2 aromatic rings. The number of ether oxygens (including phenoxy) is 1. The molecule has 2 atom stereocenters. The molecular formula is C20H25NO3. The molecule has 0 saturated carbocycles. The summed E-state index contributed by atoms with van der Waals surface area (Å²) >= 11 is 0. The Morgan fingerprint density at radius 2 is 1.83 bits per heavy atom. The molecule has 0 aliphatic heterocycles. The number of benzene rings is 2. The lowest BCUT2D eigenvalue weighted by Crippen LogP contribution is -2.29. The lowest BCUT2D eigenvalue weighted by molar-refractivity contribution is -0.122. The summed E-state index contributed by atoms with van der Waals surface area (Å²) in [5, 5.41) is 13.1. The molecule has 0 heterocycles. The third kappa shape index (κ3) is 5.10. The summed E-state index contributed by atoms with van der Waals surface area (Å²) in [4.78, 5) is 12.2. The fourth-order valence-electron chi connectivity index (χ4n) is 2.70. The van der Waals surface area contributed by atoms with Gasteiger partial charge in [0, 0.05) is 13.0 Å². The summed E-state index contributed by atoms with van der Waals surface area (Å²) in [6.07, 6.45) is 0.571. The molecule has 0 aliphatic rings. The van der Waals surface area contributed by atoms with E-state index in [9.17, 15) is 9.90 Å². The van der Waals surface area contributed by atoms with Crippen LogP contribution in [0.3, 0.4) is 0 Å². The molecule has 4 nitrogen and oxygen atoms in total. The van der Waals surface area contributed by atoms with E-state index in [2.05, 4.69) is 12.2 Å². The molecule has 2 rings (SSSR count). The van der Waals surface area contributed by atoms with Gasteiger partial charge in [0.15, 0.2) is 0 Å². The van der Waals surface area contributed by atoms with Gasteiger partial charge in [0.2, 0.25) is 5.91 Å². The second-order valence-electron chi connectivity index (χ2n) is 5.82. The smallest absolute Gasteiger partial charge is 0.220 e. The lowest BCUT2D eigenvalue weighted by Gasteiger charge is -2.17. The number of carbonyl (C=O) groups is 1. The maximum atomic E-state index is 12.2. The Kier molecular flexibility index (Phi) is 6.82. The Labute approximate surface area is 143 Å². The fraction of sp³-hybridized carbons (Fsp3) is 0.350. The SMILES string of the molecule is CCC(CC(=O)NCC(O)c1cccc(OC)c1)c1ccccc1. The Balaban J connectivity index is 1.87. The number of carbonyl (C=O) groups excluding carboxylic acids is 1. The Morgan fingerprint density at radius 3 is 2.50 bits per heavy atom. The first kappa shape index (κ1) is 18.0. The minimum atomic E-state index is -0.749. The number of hydrogen-bond donors (Lipinski definition) is 2. The van der Waals surface area contributed by atoms with Crippen molar-refractivity contribution in [2.24, 2.45) is 0 Å². The van der Waals surface area contributed by atoms with Crippen molar-refractivity contribution in [2.45, 2.75) is 31.8 Å². The zero-order valence-electron chi connectivity index (χ0n) is 14.2. The number of methoxy groups -OCH3 is 1. The van der Waals surface area contributed by atoms with E-state index in [4.69, 9.17) is 4.74 Å². The zero-order valence-corrected chi connectivity index (χ0v) is 14.2. The second-order valence-corrected chi connectivity index (χ2v) is 5.82. The summed E-state index contributed by atoms with van der Waals surface area (Å²) in [5.41, 5.74) is 1.90. The topological polar surface area (TPSA) is 58.6 Å². The molecular weight excluding hydrogens is 302 g/mol. The zero-order chi connectivity index (χ0) is 17.4. The molecule has 1 amide bonds. The predicted molar refractivity (Wildman–Crippen MR) is 95.1 cm³/mol. The number of nitrogens with one attached hydrogen (secondary N) is 1. The van der Waals surface area contributed by atoms with Crippen molar-refractivity contribution in [1.29, 1.82) is 0 Å². The van der Waals surface area contributed by atoms with Crippen molar-refractivity contribution in [3.05, 3.63) is 65.7 Å². The van der Waals surface area contributed by atoms with Crippen LogP contribution in [0.1, 0.15) is 42.9 Å². The summed E-state index contributed by atoms with van der Waals surface area (Å²) in [7, 11) is 1.59. The monoisotopic (exact) mass is 327 g/mol. The van der Waals surface area contributed by atoms with E-state index in [1.165, 1.54) is 5.56 Å². The van der Waals surface area contributed by atoms with Crippen LogP contribution in [-0.4, -0.2) is 24.7 Å². The van der Waals surface area contributed by atoms with Gasteiger partial charge in [-0.25, -0.2) is 0 Å². The van der Waals surface area contributed by atoms with E-state index in [1.807, 2.05) is 48.5 Å². The van der Waals surface area contributed by atoms with E-state index < -0.39 is 6.10 Å². The standard InChI is InChI=1S/C20H25NO3/c1-3-15(16-8-5-4-6-9-16)13-20(23)21-14-19(22)17-10-7-11-18(12-17)24-2/h4-12,15,19,22H,3,13-14H2,1-2H3,(H,21,23). The van der Waals surface area contributed by atoms with Crippen LogP contribution in [0.2, 0.25) is 0 Å². The molecule has 2 aromatic carbocycles. The van der Waals surface area contributed by atoms with E-state index >= 15 is 0 Å². The minimum Gasteiger partial charge on any atom is -0.497 e. The highest BCUT2D eigenvalue weighted by Gasteiger charge is 2.15. The lowest BCUT2D eigenvalue weighted by atomic mass is 9.93. The summed E-state index contributed by atoms with van der Waals surface area (Å²) in [6, 6.07) is 17.3. The van der Waals surface area contributed by atoms with Crippen LogP contribution in [0.5, 0.6) is 5.75 Å². The molecule has 0 spiro atoms. The van der Waals surface area contributed by atoms with Crippen LogP contribution in [0.25, 0.3) is 0 Å². The first-order chi connectivity index (χ1) is 11.6. The van der Waals surface area contributed by atoms with Gasteiger partial charge in [-0.15, -0.1) is 0 Å². The third-order valence-corrected chi connectivity index (χ3v) is 4.17. The second kappa shape index (κ2) is 9.08. The predicted octanol–water partition coefficient (Wildman–Crippen LogP) is 3.43. The van der Waals surface area contributed by atoms with Gasteiger partial charge in [-0.2, -0.15) is 0 Å². The summed E-state index contributed by atoms with van der Waals surface area (Å²) in [6.45, 7) is 2.27. The first-order valence-corrected chi connectivity index (χ1v) is 8.27. The van der Waals surface area contributed by atoms with Gasteiger partial charge in [-0.3, -0.25) is 4.79 Å². The number of amides is 1. The van der Waals surface area contributed by atoms with Gasteiger partial charge < -0.3 is 15.2 Å². The molecule has 0 fully saturated rings. The van der Waals surface area contributed by atoms with E-state index in [0.29, 0.717) is 12.2 Å². The Hall–Kier alpha value is -2.33. The van der Waals surface area contributed by atoms with E-state index in [-0.39, 0.29) is 18.4 Å². The quantitative estimate of drug-likeness (QED) is 0.781. The van der Waals surface area contributed by atoms with Crippen LogP contribution in [0.15, 0.2) is 54.6 Å². The van der Waals surface area contributed by atoms with Gasteiger partial charge in [0.25, 0.3) is 0 Å². The molecule has 0 saturated heterocycles. The molecule has 0 aliphatic carbocycles. The van der Waals surface area contributed by atoms with Gasteiger partial charge in [-0.05, 0) is 35.6 Å². The average Bonchev–Trinajstić information content (AvgIpc) is 2.64. The molecule has 24 heavy (non-hydrogen) atoms. The average molecular weight is 327 g/mol. The molecule has 0 radical (unpaired) electrons. The third-order valence-electron chi connectivity index (χ3n) is 4.17. The van der Waals surface area contributed by atoms with Crippen LogP contribution < -0.4 is 10.1 Å². The minimum absolute atomic E-state index is 0.0485. The number of rotatable bonds is 8. The normalized spacial score (nSPS) is 13.1. The maximum absolute atomic E-state index is 12.2. The Morgan fingerprint density at radius 1 is 1.12 bits per heavy atom.